The summed E-state index contributed by atoms with van der Waals surface area (Å²) in [5.41, 5.74) is -0.0260. The molecule has 0 bridgehead atoms. The fourth-order valence-electron chi connectivity index (χ4n) is 3.55. The van der Waals surface area contributed by atoms with Crippen LogP contribution >= 0.6 is 11.3 Å². The Balaban J connectivity index is 1.56. The number of carbonyl (C=O) groups excluding carboxylic acids is 1. The predicted molar refractivity (Wildman–Crippen MR) is 98.8 cm³/mol. The Morgan fingerprint density at radius 2 is 1.80 bits per heavy atom. The maximum Gasteiger partial charge on any atom is 0.314 e. The molecule has 0 unspecified atom stereocenters. The number of piperidine rings is 1. The van der Waals surface area contributed by atoms with Gasteiger partial charge in [0.05, 0.1) is 5.41 Å². The second kappa shape index (κ2) is 7.83. The van der Waals surface area contributed by atoms with E-state index in [0.717, 1.165) is 18.4 Å². The number of amides is 1. The third-order valence-electron chi connectivity index (χ3n) is 5.10. The second-order valence-electron chi connectivity index (χ2n) is 6.57. The summed E-state index contributed by atoms with van der Waals surface area (Å²) in [4.78, 5) is 27.5. The molecule has 0 atom stereocenters. The number of carboxylic acids is 1. The average molecular weight is 357 g/mol. The van der Waals surface area contributed by atoms with Crippen LogP contribution in [0.15, 0.2) is 47.8 Å². The van der Waals surface area contributed by atoms with Gasteiger partial charge in [-0.1, -0.05) is 36.4 Å². The smallest absolute Gasteiger partial charge is 0.314 e. The van der Waals surface area contributed by atoms with Crippen molar-refractivity contribution in [1.29, 1.82) is 0 Å². The standard InChI is InChI=1S/C20H23NO3S/c22-18(10-4-8-17-9-5-15-25-17)21-13-11-20(12-14-21,19(23)24)16-6-2-1-3-7-16/h1-3,5-7,9,15H,4,8,10-14H2,(H,23,24). The molecule has 1 N–H and O–H groups in total. The highest BCUT2D eigenvalue weighted by molar-refractivity contribution is 7.09. The summed E-state index contributed by atoms with van der Waals surface area (Å²) in [5, 5.41) is 11.9. The van der Waals surface area contributed by atoms with Gasteiger partial charge in [0.15, 0.2) is 0 Å². The summed E-state index contributed by atoms with van der Waals surface area (Å²) in [7, 11) is 0. The Labute approximate surface area is 152 Å². The first-order valence-electron chi connectivity index (χ1n) is 8.71. The summed E-state index contributed by atoms with van der Waals surface area (Å²) in [6.07, 6.45) is 3.26. The van der Waals surface area contributed by atoms with Gasteiger partial charge in [0.2, 0.25) is 5.91 Å². The Kier molecular flexibility index (Phi) is 5.53. The van der Waals surface area contributed by atoms with E-state index in [4.69, 9.17) is 0 Å². The van der Waals surface area contributed by atoms with Crippen molar-refractivity contribution in [1.82, 2.24) is 4.90 Å². The number of rotatable bonds is 6. The van der Waals surface area contributed by atoms with Gasteiger partial charge in [0.25, 0.3) is 0 Å². The van der Waals surface area contributed by atoms with E-state index in [9.17, 15) is 14.7 Å². The molecule has 3 rings (SSSR count). The molecular formula is C20H23NO3S. The number of hydrogen-bond acceptors (Lipinski definition) is 3. The molecule has 5 heteroatoms. The molecule has 1 fully saturated rings. The Morgan fingerprint density at radius 1 is 1.08 bits per heavy atom. The highest BCUT2D eigenvalue weighted by atomic mass is 32.1. The number of thiophene rings is 1. The molecule has 0 aliphatic carbocycles. The van der Waals surface area contributed by atoms with Crippen LogP contribution in [0.4, 0.5) is 0 Å². The lowest BCUT2D eigenvalue weighted by atomic mass is 9.73. The topological polar surface area (TPSA) is 57.6 Å². The molecule has 0 radical (unpaired) electrons. The lowest BCUT2D eigenvalue weighted by molar-refractivity contribution is -0.148. The van der Waals surface area contributed by atoms with Crippen LogP contribution < -0.4 is 0 Å². The average Bonchev–Trinajstić information content (AvgIpc) is 3.15. The molecule has 1 aliphatic rings. The fourth-order valence-corrected chi connectivity index (χ4v) is 4.30. The molecule has 0 spiro atoms. The number of carboxylic acid groups (broad SMARTS) is 1. The Morgan fingerprint density at radius 3 is 2.40 bits per heavy atom. The fraction of sp³-hybridized carbons (Fsp3) is 0.400. The molecule has 1 amide bonds. The van der Waals surface area contributed by atoms with Crippen molar-refractivity contribution in [3.63, 3.8) is 0 Å². The molecule has 2 heterocycles. The van der Waals surface area contributed by atoms with Gasteiger partial charge in [-0.15, -0.1) is 11.3 Å². The van der Waals surface area contributed by atoms with Gasteiger partial charge >= 0.3 is 5.97 Å². The predicted octanol–water partition coefficient (Wildman–Crippen LogP) is 3.72. The van der Waals surface area contributed by atoms with Crippen LogP contribution in [0.5, 0.6) is 0 Å². The zero-order valence-corrected chi connectivity index (χ0v) is 15.0. The molecule has 2 aromatic rings. The van der Waals surface area contributed by atoms with Gasteiger partial charge in [-0.2, -0.15) is 0 Å². The van der Waals surface area contributed by atoms with E-state index in [0.29, 0.717) is 32.4 Å². The van der Waals surface area contributed by atoms with Crippen molar-refractivity contribution in [2.75, 3.05) is 13.1 Å². The molecule has 132 valence electrons. The monoisotopic (exact) mass is 357 g/mol. The van der Waals surface area contributed by atoms with Crippen molar-refractivity contribution in [3.8, 4) is 0 Å². The van der Waals surface area contributed by atoms with Crippen molar-refractivity contribution in [2.24, 2.45) is 0 Å². The molecule has 1 saturated heterocycles. The van der Waals surface area contributed by atoms with Crippen LogP contribution in [-0.2, 0) is 21.4 Å². The molecule has 25 heavy (non-hydrogen) atoms. The van der Waals surface area contributed by atoms with Gasteiger partial charge in [-0.05, 0) is 42.7 Å². The summed E-state index contributed by atoms with van der Waals surface area (Å²) in [5.74, 6) is -0.646. The van der Waals surface area contributed by atoms with Gasteiger partial charge in [-0.25, -0.2) is 0 Å². The van der Waals surface area contributed by atoms with Gasteiger partial charge < -0.3 is 10.0 Å². The first-order chi connectivity index (χ1) is 12.1. The Bertz CT molecular complexity index is 704. The number of carbonyl (C=O) groups is 2. The third kappa shape index (κ3) is 3.93. The van der Waals surface area contributed by atoms with Crippen molar-refractivity contribution in [3.05, 3.63) is 58.3 Å². The van der Waals surface area contributed by atoms with Crippen molar-refractivity contribution in [2.45, 2.75) is 37.5 Å². The normalized spacial score (nSPS) is 16.6. The molecule has 4 nitrogen and oxygen atoms in total. The molecule has 1 aromatic heterocycles. The van der Waals surface area contributed by atoms with E-state index in [1.54, 1.807) is 11.3 Å². The number of hydrogen-bond donors (Lipinski definition) is 1. The zero-order valence-electron chi connectivity index (χ0n) is 14.2. The van der Waals surface area contributed by atoms with Crippen LogP contribution in [0, 0.1) is 0 Å². The van der Waals surface area contributed by atoms with E-state index in [1.807, 2.05) is 41.3 Å². The molecule has 1 aliphatic heterocycles. The highest BCUT2D eigenvalue weighted by Gasteiger charge is 2.43. The Hall–Kier alpha value is -2.14. The maximum atomic E-state index is 12.4. The van der Waals surface area contributed by atoms with Crippen LogP contribution in [0.25, 0.3) is 0 Å². The number of likely N-dealkylation sites (tertiary alicyclic amines) is 1. The van der Waals surface area contributed by atoms with Crippen LogP contribution in [0.1, 0.15) is 36.1 Å². The summed E-state index contributed by atoms with van der Waals surface area (Å²) < 4.78 is 0. The SMILES string of the molecule is O=C(CCCc1cccs1)N1CCC(C(=O)O)(c2ccccc2)CC1. The van der Waals surface area contributed by atoms with E-state index in [-0.39, 0.29) is 5.91 Å². The van der Waals surface area contributed by atoms with Gasteiger partial charge in [0, 0.05) is 24.4 Å². The molecule has 1 aromatic carbocycles. The minimum Gasteiger partial charge on any atom is -0.481 e. The minimum atomic E-state index is -0.866. The molecule has 0 saturated carbocycles. The third-order valence-corrected chi connectivity index (χ3v) is 6.04. The zero-order chi connectivity index (χ0) is 17.7. The van der Waals surface area contributed by atoms with Crippen molar-refractivity contribution >= 4 is 23.2 Å². The first kappa shape index (κ1) is 17.7. The first-order valence-corrected chi connectivity index (χ1v) is 9.59. The number of aryl methyl sites for hydroxylation is 1. The molecular weight excluding hydrogens is 334 g/mol. The minimum absolute atomic E-state index is 0.142. The lowest BCUT2D eigenvalue weighted by Gasteiger charge is -2.39. The summed E-state index contributed by atoms with van der Waals surface area (Å²) in [6.45, 7) is 1.03. The van der Waals surface area contributed by atoms with Crippen LogP contribution in [0.2, 0.25) is 0 Å². The lowest BCUT2D eigenvalue weighted by Crippen LogP contribution is -2.49. The van der Waals surface area contributed by atoms with E-state index in [2.05, 4.69) is 11.4 Å². The van der Waals surface area contributed by atoms with Gasteiger partial charge in [0.1, 0.15) is 0 Å². The van der Waals surface area contributed by atoms with E-state index >= 15 is 0 Å². The summed E-state index contributed by atoms with van der Waals surface area (Å²) in [6, 6.07) is 13.5. The van der Waals surface area contributed by atoms with Crippen LogP contribution in [0.3, 0.4) is 0 Å². The van der Waals surface area contributed by atoms with Crippen molar-refractivity contribution < 1.29 is 14.7 Å². The summed E-state index contributed by atoms with van der Waals surface area (Å²) >= 11 is 1.72. The number of benzene rings is 1. The second-order valence-corrected chi connectivity index (χ2v) is 7.60. The number of aliphatic carboxylic acids is 1. The maximum absolute atomic E-state index is 12.4. The quantitative estimate of drug-likeness (QED) is 0.857. The largest absolute Gasteiger partial charge is 0.481 e. The van der Waals surface area contributed by atoms with Gasteiger partial charge in [-0.3, -0.25) is 9.59 Å². The van der Waals surface area contributed by atoms with Crippen LogP contribution in [-0.4, -0.2) is 35.0 Å². The van der Waals surface area contributed by atoms with E-state index in [1.165, 1.54) is 4.88 Å². The highest BCUT2D eigenvalue weighted by Crippen LogP contribution is 2.36. The van der Waals surface area contributed by atoms with E-state index < -0.39 is 11.4 Å². The number of nitrogens with zero attached hydrogens (tertiary/aromatic N) is 1.